The van der Waals surface area contributed by atoms with Crippen molar-refractivity contribution in [2.75, 3.05) is 5.75 Å². The number of β-lactam (4-membered cyclic amide) rings is 1. The van der Waals surface area contributed by atoms with Crippen LogP contribution in [0.15, 0.2) is 11.3 Å². The van der Waals surface area contributed by atoms with Crippen LogP contribution in [0.2, 0.25) is 0 Å². The van der Waals surface area contributed by atoms with Crippen LogP contribution in [0.4, 0.5) is 0 Å². The van der Waals surface area contributed by atoms with Gasteiger partial charge in [-0.15, -0.1) is 11.8 Å². The standard InChI is InChI=1S/C12H18N2O3S/c1-6-5-18-10-7(13)9(15)14(10)8(6)11(16)17-12(2,3)4/h7,10H,5,13H2,1-4H3/t7-,10+/m0/s1. The van der Waals surface area contributed by atoms with E-state index in [1.165, 1.54) is 4.90 Å². The molecular weight excluding hydrogens is 252 g/mol. The summed E-state index contributed by atoms with van der Waals surface area (Å²) in [5.74, 6) is 0.0643. The Morgan fingerprint density at radius 2 is 2.11 bits per heavy atom. The number of esters is 1. The highest BCUT2D eigenvalue weighted by Gasteiger charge is 2.51. The van der Waals surface area contributed by atoms with Gasteiger partial charge in [0.05, 0.1) is 0 Å². The topological polar surface area (TPSA) is 72.6 Å². The molecule has 2 N–H and O–H groups in total. The normalized spacial score (nSPS) is 27.8. The number of nitrogens with zero attached hydrogens (tertiary/aromatic N) is 1. The summed E-state index contributed by atoms with van der Waals surface area (Å²) in [6.07, 6.45) is 0. The highest BCUT2D eigenvalue weighted by atomic mass is 32.2. The van der Waals surface area contributed by atoms with Crippen molar-refractivity contribution in [1.29, 1.82) is 0 Å². The lowest BCUT2D eigenvalue weighted by Crippen LogP contribution is -2.68. The number of hydrogen-bond acceptors (Lipinski definition) is 5. The summed E-state index contributed by atoms with van der Waals surface area (Å²) in [7, 11) is 0. The predicted molar refractivity (Wildman–Crippen MR) is 69.6 cm³/mol. The Labute approximate surface area is 111 Å². The van der Waals surface area contributed by atoms with Gasteiger partial charge < -0.3 is 10.5 Å². The molecule has 0 aliphatic carbocycles. The van der Waals surface area contributed by atoms with Crippen molar-refractivity contribution in [3.8, 4) is 0 Å². The summed E-state index contributed by atoms with van der Waals surface area (Å²) >= 11 is 1.59. The molecule has 2 atom stereocenters. The largest absolute Gasteiger partial charge is 0.455 e. The van der Waals surface area contributed by atoms with Crippen molar-refractivity contribution in [2.24, 2.45) is 5.73 Å². The third-order valence-corrected chi connectivity index (χ3v) is 4.24. The molecule has 2 rings (SSSR count). The quantitative estimate of drug-likeness (QED) is 0.565. The SMILES string of the molecule is CC1=C(C(=O)OC(C)(C)C)N2C(=O)[C@H](N)[C@H]2SC1. The van der Waals surface area contributed by atoms with Crippen LogP contribution < -0.4 is 5.73 Å². The van der Waals surface area contributed by atoms with Gasteiger partial charge in [0.1, 0.15) is 22.7 Å². The number of rotatable bonds is 1. The number of carbonyl (C=O) groups is 2. The van der Waals surface area contributed by atoms with Gasteiger partial charge >= 0.3 is 5.97 Å². The second-order valence-corrected chi connectivity index (χ2v) is 6.67. The van der Waals surface area contributed by atoms with Crippen molar-refractivity contribution in [2.45, 2.75) is 44.7 Å². The number of carbonyl (C=O) groups excluding carboxylic acids is 2. The fourth-order valence-corrected chi connectivity index (χ4v) is 3.23. The van der Waals surface area contributed by atoms with Gasteiger partial charge in [0.2, 0.25) is 5.91 Å². The van der Waals surface area contributed by atoms with E-state index in [9.17, 15) is 9.59 Å². The Hall–Kier alpha value is -1.01. The fourth-order valence-electron chi connectivity index (χ4n) is 1.99. The molecule has 2 heterocycles. The van der Waals surface area contributed by atoms with E-state index in [-0.39, 0.29) is 11.3 Å². The van der Waals surface area contributed by atoms with Gasteiger partial charge in [0, 0.05) is 5.75 Å². The first kappa shape index (κ1) is 13.4. The summed E-state index contributed by atoms with van der Waals surface area (Å²) in [5.41, 5.74) is 6.40. The zero-order chi connectivity index (χ0) is 13.7. The molecule has 0 bridgehead atoms. The van der Waals surface area contributed by atoms with Crippen molar-refractivity contribution >= 4 is 23.6 Å². The fraction of sp³-hybridized carbons (Fsp3) is 0.667. The molecular formula is C12H18N2O3S. The molecule has 5 nitrogen and oxygen atoms in total. The van der Waals surface area contributed by atoms with E-state index in [0.717, 1.165) is 5.57 Å². The number of ether oxygens (including phenoxy) is 1. The number of amides is 1. The summed E-state index contributed by atoms with van der Waals surface area (Å²) in [6, 6.07) is -0.500. The lowest BCUT2D eigenvalue weighted by Gasteiger charge is -2.48. The van der Waals surface area contributed by atoms with Crippen LogP contribution in [0.1, 0.15) is 27.7 Å². The van der Waals surface area contributed by atoms with Gasteiger partial charge in [-0.3, -0.25) is 9.69 Å². The van der Waals surface area contributed by atoms with Crippen LogP contribution in [0.5, 0.6) is 0 Å². The lowest BCUT2D eigenvalue weighted by atomic mass is 10.0. The van der Waals surface area contributed by atoms with Gasteiger partial charge in [-0.2, -0.15) is 0 Å². The first-order valence-electron chi connectivity index (χ1n) is 5.86. The Balaban J connectivity index is 2.25. The minimum atomic E-state index is -0.569. The second-order valence-electron chi connectivity index (χ2n) is 5.57. The highest BCUT2D eigenvalue weighted by Crippen LogP contribution is 2.39. The van der Waals surface area contributed by atoms with Crippen LogP contribution in [-0.4, -0.2) is 39.5 Å². The number of thioether (sulfide) groups is 1. The highest BCUT2D eigenvalue weighted by molar-refractivity contribution is 8.00. The Bertz CT molecular complexity index is 439. The molecule has 0 aromatic carbocycles. The second kappa shape index (κ2) is 4.28. The Morgan fingerprint density at radius 3 is 2.67 bits per heavy atom. The molecule has 2 aliphatic rings. The minimum Gasteiger partial charge on any atom is -0.455 e. The molecule has 18 heavy (non-hydrogen) atoms. The number of nitrogens with two attached hydrogens (primary N) is 1. The van der Waals surface area contributed by atoms with Gasteiger partial charge in [-0.1, -0.05) is 0 Å². The molecule has 0 aromatic rings. The van der Waals surface area contributed by atoms with Crippen molar-refractivity contribution in [3.63, 3.8) is 0 Å². The molecule has 1 fully saturated rings. The Kier molecular flexibility index (Phi) is 3.19. The molecule has 6 heteroatoms. The van der Waals surface area contributed by atoms with Crippen molar-refractivity contribution < 1.29 is 14.3 Å². The van der Waals surface area contributed by atoms with Crippen LogP contribution in [-0.2, 0) is 14.3 Å². The van der Waals surface area contributed by atoms with Gasteiger partial charge in [0.15, 0.2) is 0 Å². The third kappa shape index (κ3) is 2.14. The van der Waals surface area contributed by atoms with Gasteiger partial charge in [0.25, 0.3) is 0 Å². The molecule has 100 valence electrons. The van der Waals surface area contributed by atoms with E-state index in [1.807, 2.05) is 6.92 Å². The zero-order valence-corrected chi connectivity index (χ0v) is 11.8. The average molecular weight is 270 g/mol. The molecule has 0 saturated carbocycles. The van der Waals surface area contributed by atoms with E-state index < -0.39 is 17.6 Å². The summed E-state index contributed by atoms with van der Waals surface area (Å²) in [5, 5.41) is -0.122. The molecule has 0 radical (unpaired) electrons. The average Bonchev–Trinajstić information content (AvgIpc) is 2.25. The van der Waals surface area contributed by atoms with E-state index in [2.05, 4.69) is 0 Å². The molecule has 1 amide bonds. The van der Waals surface area contributed by atoms with Crippen LogP contribution in [0.25, 0.3) is 0 Å². The maximum atomic E-state index is 12.1. The third-order valence-electron chi connectivity index (χ3n) is 2.79. The Morgan fingerprint density at radius 1 is 1.50 bits per heavy atom. The molecule has 0 spiro atoms. The minimum absolute atomic E-state index is 0.122. The maximum absolute atomic E-state index is 12.1. The van der Waals surface area contributed by atoms with E-state index in [1.54, 1.807) is 32.5 Å². The molecule has 2 aliphatic heterocycles. The van der Waals surface area contributed by atoms with E-state index in [0.29, 0.717) is 11.4 Å². The molecule has 0 aromatic heterocycles. The summed E-state index contributed by atoms with van der Waals surface area (Å²) in [6.45, 7) is 7.26. The number of hydrogen-bond donors (Lipinski definition) is 1. The molecule has 0 unspecified atom stereocenters. The first-order valence-corrected chi connectivity index (χ1v) is 6.90. The first-order chi connectivity index (χ1) is 8.22. The summed E-state index contributed by atoms with van der Waals surface area (Å²) < 4.78 is 5.34. The van der Waals surface area contributed by atoms with E-state index >= 15 is 0 Å². The van der Waals surface area contributed by atoms with Crippen molar-refractivity contribution in [3.05, 3.63) is 11.3 Å². The van der Waals surface area contributed by atoms with Crippen LogP contribution in [0.3, 0.4) is 0 Å². The smallest absolute Gasteiger partial charge is 0.355 e. The van der Waals surface area contributed by atoms with E-state index in [4.69, 9.17) is 10.5 Å². The molecule has 1 saturated heterocycles. The zero-order valence-electron chi connectivity index (χ0n) is 11.0. The number of fused-ring (bicyclic) bond motifs is 1. The van der Waals surface area contributed by atoms with Gasteiger partial charge in [-0.05, 0) is 33.3 Å². The maximum Gasteiger partial charge on any atom is 0.355 e. The lowest BCUT2D eigenvalue weighted by molar-refractivity contribution is -0.158. The van der Waals surface area contributed by atoms with Crippen molar-refractivity contribution in [1.82, 2.24) is 4.90 Å². The van der Waals surface area contributed by atoms with Gasteiger partial charge in [-0.25, -0.2) is 4.79 Å². The summed E-state index contributed by atoms with van der Waals surface area (Å²) in [4.78, 5) is 25.4. The van der Waals surface area contributed by atoms with Crippen LogP contribution >= 0.6 is 11.8 Å². The monoisotopic (exact) mass is 270 g/mol. The predicted octanol–water partition coefficient (Wildman–Crippen LogP) is 0.845. The van der Waals surface area contributed by atoms with Crippen LogP contribution in [0, 0.1) is 0 Å².